The number of nitrogens with one attached hydrogen (secondary N) is 2. The fraction of sp³-hybridized carbons (Fsp3) is 0.471. The molecule has 0 fully saturated rings. The largest absolute Gasteiger partial charge is 0.467 e. The van der Waals surface area contributed by atoms with Crippen molar-refractivity contribution in [1.29, 1.82) is 0 Å². The quantitative estimate of drug-likeness (QED) is 0.696. The second-order valence-electron chi connectivity index (χ2n) is 6.17. The molecule has 6 nitrogen and oxygen atoms in total. The van der Waals surface area contributed by atoms with Crippen LogP contribution >= 0.6 is 11.3 Å². The van der Waals surface area contributed by atoms with Crippen LogP contribution in [0.25, 0.3) is 0 Å². The third kappa shape index (κ3) is 5.69. The van der Waals surface area contributed by atoms with Gasteiger partial charge in [0, 0.05) is 4.88 Å². The lowest BCUT2D eigenvalue weighted by Crippen LogP contribution is -2.46. The van der Waals surface area contributed by atoms with Crippen LogP contribution in [-0.4, -0.2) is 20.4 Å². The third-order valence-corrected chi connectivity index (χ3v) is 6.78. The van der Waals surface area contributed by atoms with Crippen molar-refractivity contribution in [2.45, 2.75) is 50.4 Å². The minimum absolute atomic E-state index is 0.164. The first kappa shape index (κ1) is 19.7. The van der Waals surface area contributed by atoms with Crippen molar-refractivity contribution in [2.24, 2.45) is 5.92 Å². The molecule has 0 aliphatic carbocycles. The number of carbonyl (C=O) groups is 1. The summed E-state index contributed by atoms with van der Waals surface area (Å²) in [6.07, 6.45) is 2.71. The zero-order chi connectivity index (χ0) is 18.4. The zero-order valence-electron chi connectivity index (χ0n) is 14.6. The Kier molecular flexibility index (Phi) is 6.80. The molecular weight excluding hydrogens is 360 g/mol. The normalized spacial score (nSPS) is 13.1. The fourth-order valence-corrected chi connectivity index (χ4v) is 4.85. The molecular formula is C17H24N2O4S2. The van der Waals surface area contributed by atoms with Crippen LogP contribution in [0.2, 0.25) is 0 Å². The Labute approximate surface area is 152 Å². The van der Waals surface area contributed by atoms with Gasteiger partial charge in [-0.15, -0.1) is 11.3 Å². The summed E-state index contributed by atoms with van der Waals surface area (Å²) in [5, 5.41) is 2.72. The maximum Gasteiger partial charge on any atom is 0.250 e. The number of carbonyl (C=O) groups excluding carboxylic acids is 1. The van der Waals surface area contributed by atoms with Gasteiger partial charge in [0.15, 0.2) is 0 Å². The lowest BCUT2D eigenvalue weighted by Gasteiger charge is -2.19. The summed E-state index contributed by atoms with van der Waals surface area (Å²) in [7, 11) is -3.73. The summed E-state index contributed by atoms with van der Waals surface area (Å²) in [6, 6.07) is 6.04. The number of rotatable bonds is 9. The first-order valence-electron chi connectivity index (χ1n) is 8.23. The van der Waals surface area contributed by atoms with E-state index in [1.165, 1.54) is 17.6 Å². The van der Waals surface area contributed by atoms with E-state index in [9.17, 15) is 13.2 Å². The van der Waals surface area contributed by atoms with Crippen LogP contribution < -0.4 is 10.0 Å². The molecule has 0 saturated carbocycles. The summed E-state index contributed by atoms with van der Waals surface area (Å²) in [5.41, 5.74) is 0. The molecule has 2 heterocycles. The van der Waals surface area contributed by atoms with Gasteiger partial charge >= 0.3 is 0 Å². The van der Waals surface area contributed by atoms with E-state index < -0.39 is 16.1 Å². The van der Waals surface area contributed by atoms with E-state index in [1.54, 1.807) is 24.3 Å². The molecule has 0 spiro atoms. The molecule has 2 rings (SSSR count). The fourth-order valence-electron chi connectivity index (χ4n) is 2.33. The highest BCUT2D eigenvalue weighted by molar-refractivity contribution is 7.91. The van der Waals surface area contributed by atoms with Gasteiger partial charge in [-0.1, -0.05) is 20.8 Å². The number of aryl methyl sites for hydroxylation is 1. The molecule has 0 radical (unpaired) electrons. The Morgan fingerprint density at radius 1 is 1.28 bits per heavy atom. The van der Waals surface area contributed by atoms with E-state index in [1.807, 2.05) is 20.8 Å². The lowest BCUT2D eigenvalue weighted by molar-refractivity contribution is -0.123. The summed E-state index contributed by atoms with van der Waals surface area (Å²) >= 11 is 1.23. The predicted molar refractivity (Wildman–Crippen MR) is 97.8 cm³/mol. The van der Waals surface area contributed by atoms with Gasteiger partial charge in [0.25, 0.3) is 10.0 Å². The van der Waals surface area contributed by atoms with Crippen molar-refractivity contribution in [2.75, 3.05) is 0 Å². The molecule has 0 saturated heterocycles. The van der Waals surface area contributed by atoms with Crippen LogP contribution in [0.1, 0.15) is 37.8 Å². The third-order valence-electron chi connectivity index (χ3n) is 3.59. The van der Waals surface area contributed by atoms with Crippen molar-refractivity contribution in [3.8, 4) is 0 Å². The summed E-state index contributed by atoms with van der Waals surface area (Å²) in [5.74, 6) is 0.419. The number of thiophene rings is 1. The van der Waals surface area contributed by atoms with Gasteiger partial charge in [0.1, 0.15) is 16.0 Å². The molecule has 1 amide bonds. The molecule has 2 aromatic rings. The standard InChI is InChI=1S/C17H24N2O4S2/c1-4-14-7-8-16(24-14)25(21,22)19-15(10-12(2)3)17(20)18-11-13-6-5-9-23-13/h5-9,12,15,19H,4,10-11H2,1-3H3,(H,18,20)/t15-/m0/s1. The van der Waals surface area contributed by atoms with Gasteiger partial charge in [-0.3, -0.25) is 4.79 Å². The molecule has 138 valence electrons. The smallest absolute Gasteiger partial charge is 0.250 e. The Balaban J connectivity index is 2.08. The van der Waals surface area contributed by atoms with Crippen LogP contribution in [0.4, 0.5) is 0 Å². The van der Waals surface area contributed by atoms with Gasteiger partial charge in [-0.25, -0.2) is 8.42 Å². The number of hydrogen-bond donors (Lipinski definition) is 2. The van der Waals surface area contributed by atoms with Gasteiger partial charge in [0.2, 0.25) is 5.91 Å². The van der Waals surface area contributed by atoms with E-state index >= 15 is 0 Å². The van der Waals surface area contributed by atoms with Crippen molar-refractivity contribution >= 4 is 27.3 Å². The SMILES string of the molecule is CCc1ccc(S(=O)(=O)N[C@@H](CC(C)C)C(=O)NCc2ccco2)s1. The maximum absolute atomic E-state index is 12.6. The highest BCUT2D eigenvalue weighted by atomic mass is 32.2. The molecule has 0 aromatic carbocycles. The highest BCUT2D eigenvalue weighted by Gasteiger charge is 2.27. The second kappa shape index (κ2) is 8.64. The summed E-state index contributed by atoms with van der Waals surface area (Å²) in [4.78, 5) is 13.5. The van der Waals surface area contributed by atoms with Crippen LogP contribution in [0.5, 0.6) is 0 Å². The van der Waals surface area contributed by atoms with E-state index in [2.05, 4.69) is 10.0 Å². The van der Waals surface area contributed by atoms with Crippen molar-refractivity contribution in [3.63, 3.8) is 0 Å². The molecule has 2 aromatic heterocycles. The summed E-state index contributed by atoms with van der Waals surface area (Å²) in [6.45, 7) is 6.09. The van der Waals surface area contributed by atoms with Crippen LogP contribution in [-0.2, 0) is 27.8 Å². The lowest BCUT2D eigenvalue weighted by atomic mass is 10.0. The van der Waals surface area contributed by atoms with E-state index in [-0.39, 0.29) is 22.6 Å². The van der Waals surface area contributed by atoms with Gasteiger partial charge in [-0.2, -0.15) is 4.72 Å². The van der Waals surface area contributed by atoms with Gasteiger partial charge < -0.3 is 9.73 Å². The number of furan rings is 1. The number of amides is 1. The maximum atomic E-state index is 12.6. The summed E-state index contributed by atoms with van der Waals surface area (Å²) < 4.78 is 33.1. The topological polar surface area (TPSA) is 88.4 Å². The average Bonchev–Trinajstić information content (AvgIpc) is 3.22. The number of hydrogen-bond acceptors (Lipinski definition) is 5. The molecule has 0 aliphatic heterocycles. The van der Waals surface area contributed by atoms with Crippen LogP contribution in [0.15, 0.2) is 39.2 Å². The first-order valence-corrected chi connectivity index (χ1v) is 10.5. The Morgan fingerprint density at radius 3 is 2.60 bits per heavy atom. The van der Waals surface area contributed by atoms with Crippen molar-refractivity contribution < 1.29 is 17.6 Å². The van der Waals surface area contributed by atoms with Gasteiger partial charge in [-0.05, 0) is 43.0 Å². The van der Waals surface area contributed by atoms with E-state index in [0.29, 0.717) is 12.2 Å². The first-order chi connectivity index (χ1) is 11.8. The Bertz CT molecular complexity index is 779. The Morgan fingerprint density at radius 2 is 2.04 bits per heavy atom. The van der Waals surface area contributed by atoms with E-state index in [0.717, 1.165) is 11.3 Å². The minimum atomic E-state index is -3.73. The van der Waals surface area contributed by atoms with Crippen LogP contribution in [0, 0.1) is 5.92 Å². The van der Waals surface area contributed by atoms with Crippen molar-refractivity contribution in [1.82, 2.24) is 10.0 Å². The number of sulfonamides is 1. The molecule has 8 heteroatoms. The highest BCUT2D eigenvalue weighted by Crippen LogP contribution is 2.22. The van der Waals surface area contributed by atoms with Crippen molar-refractivity contribution in [3.05, 3.63) is 41.2 Å². The minimum Gasteiger partial charge on any atom is -0.467 e. The van der Waals surface area contributed by atoms with E-state index in [4.69, 9.17) is 4.42 Å². The molecule has 25 heavy (non-hydrogen) atoms. The molecule has 0 aliphatic rings. The molecule has 0 unspecified atom stereocenters. The molecule has 1 atom stereocenters. The van der Waals surface area contributed by atoms with Crippen LogP contribution in [0.3, 0.4) is 0 Å². The zero-order valence-corrected chi connectivity index (χ0v) is 16.2. The molecule has 2 N–H and O–H groups in total. The monoisotopic (exact) mass is 384 g/mol. The Hall–Kier alpha value is -1.64. The predicted octanol–water partition coefficient (Wildman–Crippen LogP) is 2.91. The van der Waals surface area contributed by atoms with Gasteiger partial charge in [0.05, 0.1) is 12.8 Å². The average molecular weight is 385 g/mol. The molecule has 0 bridgehead atoms. The second-order valence-corrected chi connectivity index (χ2v) is 9.28.